The molecule has 0 atom stereocenters. The van der Waals surface area contributed by atoms with Crippen LogP contribution in [0.25, 0.3) is 5.69 Å². The molecule has 1 aromatic carbocycles. The van der Waals surface area contributed by atoms with E-state index in [1.165, 1.54) is 6.20 Å². The van der Waals surface area contributed by atoms with E-state index in [2.05, 4.69) is 10.4 Å². The molecule has 6 heteroatoms. The first kappa shape index (κ1) is 16.7. The lowest BCUT2D eigenvalue weighted by Crippen LogP contribution is -2.30. The molecule has 2 rings (SSSR count). The first-order valence-corrected chi connectivity index (χ1v) is 7.57. The number of aromatic nitrogens is 2. The van der Waals surface area contributed by atoms with E-state index < -0.39 is 0 Å². The van der Waals surface area contributed by atoms with Crippen molar-refractivity contribution in [3.05, 3.63) is 47.3 Å². The molecule has 1 amide bonds. The van der Waals surface area contributed by atoms with Crippen LogP contribution >= 0.6 is 0 Å². The van der Waals surface area contributed by atoms with Crippen LogP contribution in [0.15, 0.2) is 30.5 Å². The van der Waals surface area contributed by atoms with Gasteiger partial charge in [0.25, 0.3) is 5.91 Å². The summed E-state index contributed by atoms with van der Waals surface area (Å²) in [6.07, 6.45) is 1.49. The third-order valence-corrected chi connectivity index (χ3v) is 3.30. The molecule has 0 saturated carbocycles. The van der Waals surface area contributed by atoms with Crippen molar-refractivity contribution in [2.45, 2.75) is 33.7 Å². The van der Waals surface area contributed by atoms with Crippen LogP contribution in [0, 0.1) is 6.92 Å². The van der Waals surface area contributed by atoms with Gasteiger partial charge in [0.05, 0.1) is 24.2 Å². The third-order valence-electron chi connectivity index (χ3n) is 3.30. The van der Waals surface area contributed by atoms with E-state index in [1.807, 2.05) is 13.8 Å². The van der Waals surface area contributed by atoms with Crippen LogP contribution in [0.3, 0.4) is 0 Å². The van der Waals surface area contributed by atoms with Crippen LogP contribution in [0.2, 0.25) is 0 Å². The van der Waals surface area contributed by atoms with Gasteiger partial charge in [-0.3, -0.25) is 4.79 Å². The van der Waals surface area contributed by atoms with Gasteiger partial charge in [0.15, 0.2) is 0 Å². The fourth-order valence-corrected chi connectivity index (χ4v) is 2.18. The van der Waals surface area contributed by atoms with Crippen molar-refractivity contribution in [1.82, 2.24) is 15.1 Å². The summed E-state index contributed by atoms with van der Waals surface area (Å²) in [5.74, 6) is -0.500. The van der Waals surface area contributed by atoms with Crippen molar-refractivity contribution in [1.29, 1.82) is 0 Å². The van der Waals surface area contributed by atoms with Crippen LogP contribution < -0.4 is 5.32 Å². The highest BCUT2D eigenvalue weighted by atomic mass is 16.5. The van der Waals surface area contributed by atoms with Crippen LogP contribution in [0.1, 0.15) is 47.2 Å². The molecule has 1 N–H and O–H groups in total. The van der Waals surface area contributed by atoms with Crippen molar-refractivity contribution in [3.63, 3.8) is 0 Å². The van der Waals surface area contributed by atoms with Crippen molar-refractivity contribution < 1.29 is 14.3 Å². The Kier molecular flexibility index (Phi) is 5.16. The molecular formula is C17H21N3O3. The SMILES string of the molecule is CCOC(=O)c1cnn(-c2ccc(C(=O)NC(C)C)cc2)c1C. The van der Waals surface area contributed by atoms with E-state index >= 15 is 0 Å². The fraction of sp³-hybridized carbons (Fsp3) is 0.353. The highest BCUT2D eigenvalue weighted by Gasteiger charge is 2.16. The summed E-state index contributed by atoms with van der Waals surface area (Å²) < 4.78 is 6.65. The maximum Gasteiger partial charge on any atom is 0.341 e. The number of esters is 1. The monoisotopic (exact) mass is 315 g/mol. The average Bonchev–Trinajstić information content (AvgIpc) is 2.88. The maximum absolute atomic E-state index is 11.9. The van der Waals surface area contributed by atoms with Gasteiger partial charge in [0.2, 0.25) is 0 Å². The van der Waals surface area contributed by atoms with E-state index in [-0.39, 0.29) is 17.9 Å². The molecule has 23 heavy (non-hydrogen) atoms. The van der Waals surface area contributed by atoms with Gasteiger partial charge in [0.1, 0.15) is 5.56 Å². The van der Waals surface area contributed by atoms with E-state index in [0.717, 1.165) is 5.69 Å². The number of ether oxygens (including phenoxy) is 1. The number of hydrogen-bond donors (Lipinski definition) is 1. The van der Waals surface area contributed by atoms with Gasteiger partial charge >= 0.3 is 5.97 Å². The van der Waals surface area contributed by atoms with Crippen LogP contribution in [0.5, 0.6) is 0 Å². The summed E-state index contributed by atoms with van der Waals surface area (Å²) in [6.45, 7) is 7.72. The minimum atomic E-state index is -0.385. The molecule has 0 saturated heterocycles. The highest BCUT2D eigenvalue weighted by molar-refractivity contribution is 5.94. The summed E-state index contributed by atoms with van der Waals surface area (Å²) in [5, 5.41) is 7.07. The van der Waals surface area contributed by atoms with E-state index in [1.54, 1.807) is 42.8 Å². The number of benzene rings is 1. The predicted molar refractivity (Wildman–Crippen MR) is 86.9 cm³/mol. The molecular weight excluding hydrogens is 294 g/mol. The molecule has 0 spiro atoms. The Hall–Kier alpha value is -2.63. The lowest BCUT2D eigenvalue weighted by atomic mass is 10.2. The first-order chi connectivity index (χ1) is 10.9. The minimum absolute atomic E-state index is 0.0858. The molecule has 0 radical (unpaired) electrons. The molecule has 1 heterocycles. The van der Waals surface area contributed by atoms with E-state index in [9.17, 15) is 9.59 Å². The molecule has 122 valence electrons. The zero-order valence-corrected chi connectivity index (χ0v) is 13.8. The molecule has 1 aromatic heterocycles. The van der Waals surface area contributed by atoms with Crippen LogP contribution in [-0.2, 0) is 4.74 Å². The topological polar surface area (TPSA) is 73.2 Å². The van der Waals surface area contributed by atoms with Crippen molar-refractivity contribution >= 4 is 11.9 Å². The summed E-state index contributed by atoms with van der Waals surface area (Å²) in [7, 11) is 0. The zero-order chi connectivity index (χ0) is 17.0. The van der Waals surface area contributed by atoms with E-state index in [4.69, 9.17) is 4.74 Å². The van der Waals surface area contributed by atoms with E-state index in [0.29, 0.717) is 23.4 Å². The summed E-state index contributed by atoms with van der Waals surface area (Å²) >= 11 is 0. The van der Waals surface area contributed by atoms with Crippen molar-refractivity contribution in [3.8, 4) is 5.69 Å². The molecule has 6 nitrogen and oxygen atoms in total. The number of amides is 1. The van der Waals surface area contributed by atoms with Gasteiger partial charge in [-0.2, -0.15) is 5.10 Å². The zero-order valence-electron chi connectivity index (χ0n) is 13.8. The Bertz CT molecular complexity index is 702. The van der Waals surface area contributed by atoms with Gasteiger partial charge in [0, 0.05) is 11.6 Å². The number of carbonyl (C=O) groups excluding carboxylic acids is 2. The molecule has 0 aliphatic carbocycles. The molecule has 0 bridgehead atoms. The predicted octanol–water partition coefficient (Wildman–Crippen LogP) is 2.50. The quantitative estimate of drug-likeness (QED) is 0.860. The molecule has 0 aliphatic rings. The number of rotatable bonds is 5. The number of nitrogens with one attached hydrogen (secondary N) is 1. The largest absolute Gasteiger partial charge is 0.462 e. The average molecular weight is 315 g/mol. The second-order valence-corrected chi connectivity index (χ2v) is 5.45. The minimum Gasteiger partial charge on any atom is -0.462 e. The number of hydrogen-bond acceptors (Lipinski definition) is 4. The molecule has 0 aliphatic heterocycles. The maximum atomic E-state index is 11.9. The second kappa shape index (κ2) is 7.09. The Morgan fingerprint density at radius 1 is 1.26 bits per heavy atom. The lowest BCUT2D eigenvalue weighted by molar-refractivity contribution is 0.0525. The fourth-order valence-electron chi connectivity index (χ4n) is 2.18. The van der Waals surface area contributed by atoms with Gasteiger partial charge < -0.3 is 10.1 Å². The van der Waals surface area contributed by atoms with Gasteiger partial charge in [-0.1, -0.05) is 0 Å². The summed E-state index contributed by atoms with van der Waals surface area (Å²) in [6, 6.07) is 7.15. The van der Waals surface area contributed by atoms with Crippen LogP contribution in [-0.4, -0.2) is 34.3 Å². The Balaban J connectivity index is 2.23. The number of nitrogens with zero attached hydrogens (tertiary/aromatic N) is 2. The second-order valence-electron chi connectivity index (χ2n) is 5.45. The highest BCUT2D eigenvalue weighted by Crippen LogP contribution is 2.16. The van der Waals surface area contributed by atoms with Gasteiger partial charge in [-0.05, 0) is 52.0 Å². The van der Waals surface area contributed by atoms with Gasteiger partial charge in [-0.15, -0.1) is 0 Å². The van der Waals surface area contributed by atoms with Crippen molar-refractivity contribution in [2.75, 3.05) is 6.61 Å². The van der Waals surface area contributed by atoms with Crippen LogP contribution in [0.4, 0.5) is 0 Å². The third kappa shape index (κ3) is 3.77. The Morgan fingerprint density at radius 2 is 1.91 bits per heavy atom. The molecule has 0 fully saturated rings. The normalized spacial score (nSPS) is 10.7. The summed E-state index contributed by atoms with van der Waals surface area (Å²) in [4.78, 5) is 23.8. The number of carbonyl (C=O) groups is 2. The molecule has 0 unspecified atom stereocenters. The standard InChI is InChI=1S/C17H21N3O3/c1-5-23-17(22)15-10-18-20(12(15)4)14-8-6-13(7-9-14)16(21)19-11(2)3/h6-11H,5H2,1-4H3,(H,19,21). The lowest BCUT2D eigenvalue weighted by Gasteiger charge is -2.09. The van der Waals surface area contributed by atoms with Gasteiger partial charge in [-0.25, -0.2) is 9.48 Å². The Labute approximate surface area is 135 Å². The smallest absolute Gasteiger partial charge is 0.341 e. The van der Waals surface area contributed by atoms with Crippen molar-refractivity contribution in [2.24, 2.45) is 0 Å². The molecule has 2 aromatic rings. The first-order valence-electron chi connectivity index (χ1n) is 7.57. The Morgan fingerprint density at radius 3 is 2.48 bits per heavy atom. The summed E-state index contributed by atoms with van der Waals surface area (Å²) in [5.41, 5.74) is 2.49.